The molecule has 0 saturated heterocycles. The number of halogens is 1. The zero-order chi connectivity index (χ0) is 13.2. The fraction of sp³-hybridized carbons (Fsp3) is 0.294. The van der Waals surface area contributed by atoms with E-state index in [-0.39, 0.29) is 0 Å². The second kappa shape index (κ2) is 5.36. The van der Waals surface area contributed by atoms with Gasteiger partial charge < -0.3 is 0 Å². The maximum atomic E-state index is 6.29. The van der Waals surface area contributed by atoms with Crippen LogP contribution in [0, 0.1) is 6.92 Å². The maximum Gasteiger partial charge on any atom is 0.0451 e. The molecular formula is C17H18ClN. The van der Waals surface area contributed by atoms with Crippen LogP contribution in [0.3, 0.4) is 0 Å². The Bertz CT molecular complexity index is 592. The molecule has 2 heteroatoms. The molecule has 0 N–H and O–H groups in total. The first-order valence-electron chi connectivity index (χ1n) is 6.76. The van der Waals surface area contributed by atoms with Crippen molar-refractivity contribution in [3.8, 4) is 0 Å². The van der Waals surface area contributed by atoms with Crippen molar-refractivity contribution in [3.05, 3.63) is 69.7 Å². The van der Waals surface area contributed by atoms with Crippen LogP contribution in [0.4, 0.5) is 0 Å². The lowest BCUT2D eigenvalue weighted by Gasteiger charge is -2.29. The minimum absolute atomic E-state index is 0.879. The minimum Gasteiger partial charge on any atom is -0.294 e. The minimum atomic E-state index is 0.879. The van der Waals surface area contributed by atoms with Gasteiger partial charge in [-0.15, -0.1) is 0 Å². The Hall–Kier alpha value is -1.31. The normalized spacial score (nSPS) is 15.3. The van der Waals surface area contributed by atoms with Gasteiger partial charge >= 0.3 is 0 Å². The molecule has 98 valence electrons. The lowest BCUT2D eigenvalue weighted by atomic mass is 9.99. The monoisotopic (exact) mass is 271 g/mol. The van der Waals surface area contributed by atoms with Gasteiger partial charge in [-0.3, -0.25) is 4.90 Å². The average Bonchev–Trinajstić information content (AvgIpc) is 2.43. The SMILES string of the molecule is Cc1ccc(Cl)c(CN2CCc3ccccc3C2)c1. The number of benzene rings is 2. The molecule has 0 spiro atoms. The van der Waals surface area contributed by atoms with E-state index in [9.17, 15) is 0 Å². The van der Waals surface area contributed by atoms with Crippen LogP contribution in [0.1, 0.15) is 22.3 Å². The van der Waals surface area contributed by atoms with Gasteiger partial charge in [0.1, 0.15) is 0 Å². The van der Waals surface area contributed by atoms with Crippen molar-refractivity contribution in [3.63, 3.8) is 0 Å². The van der Waals surface area contributed by atoms with Gasteiger partial charge in [-0.25, -0.2) is 0 Å². The fourth-order valence-corrected chi connectivity index (χ4v) is 2.93. The summed E-state index contributed by atoms with van der Waals surface area (Å²) in [4.78, 5) is 2.48. The highest BCUT2D eigenvalue weighted by molar-refractivity contribution is 6.31. The first-order valence-corrected chi connectivity index (χ1v) is 7.14. The summed E-state index contributed by atoms with van der Waals surface area (Å²) < 4.78 is 0. The molecule has 0 unspecified atom stereocenters. The van der Waals surface area contributed by atoms with Crippen molar-refractivity contribution in [2.75, 3.05) is 6.54 Å². The zero-order valence-corrected chi connectivity index (χ0v) is 12.0. The Balaban J connectivity index is 1.77. The van der Waals surface area contributed by atoms with Gasteiger partial charge in [0.2, 0.25) is 0 Å². The van der Waals surface area contributed by atoms with Gasteiger partial charge in [0.15, 0.2) is 0 Å². The summed E-state index contributed by atoms with van der Waals surface area (Å²) in [5.74, 6) is 0. The molecule has 1 nitrogen and oxygen atoms in total. The van der Waals surface area contributed by atoms with Crippen molar-refractivity contribution in [1.82, 2.24) is 4.90 Å². The smallest absolute Gasteiger partial charge is 0.0451 e. The third-order valence-corrected chi connectivity index (χ3v) is 4.17. The standard InChI is InChI=1S/C17H18ClN/c1-13-6-7-17(18)16(10-13)12-19-9-8-14-4-2-3-5-15(14)11-19/h2-7,10H,8-9,11-12H2,1H3. The molecule has 0 fully saturated rings. The van der Waals surface area contributed by atoms with E-state index in [1.165, 1.54) is 22.3 Å². The summed E-state index contributed by atoms with van der Waals surface area (Å²) in [6.45, 7) is 5.20. The summed E-state index contributed by atoms with van der Waals surface area (Å²) in [5.41, 5.74) is 5.46. The Morgan fingerprint density at radius 1 is 1.11 bits per heavy atom. The van der Waals surface area contributed by atoms with Gasteiger partial charge in [-0.05, 0) is 36.1 Å². The number of aryl methyl sites for hydroxylation is 1. The van der Waals surface area contributed by atoms with Crippen LogP contribution in [0.2, 0.25) is 5.02 Å². The van der Waals surface area contributed by atoms with Crippen molar-refractivity contribution >= 4 is 11.6 Å². The van der Waals surface area contributed by atoms with E-state index >= 15 is 0 Å². The number of fused-ring (bicyclic) bond motifs is 1. The molecule has 0 aliphatic carbocycles. The molecule has 0 aromatic heterocycles. The molecule has 2 aromatic rings. The van der Waals surface area contributed by atoms with Crippen molar-refractivity contribution in [2.45, 2.75) is 26.4 Å². The Morgan fingerprint density at radius 2 is 1.89 bits per heavy atom. The van der Waals surface area contributed by atoms with Crippen LogP contribution in [0.25, 0.3) is 0 Å². The Labute approximate surface area is 119 Å². The molecular weight excluding hydrogens is 254 g/mol. The van der Waals surface area contributed by atoms with Crippen LogP contribution >= 0.6 is 11.6 Å². The highest BCUT2D eigenvalue weighted by atomic mass is 35.5. The molecule has 0 atom stereocenters. The second-order valence-electron chi connectivity index (χ2n) is 5.32. The van der Waals surface area contributed by atoms with Gasteiger partial charge in [0.05, 0.1) is 0 Å². The van der Waals surface area contributed by atoms with Gasteiger partial charge in [0, 0.05) is 24.7 Å². The van der Waals surface area contributed by atoms with E-state index < -0.39 is 0 Å². The highest BCUT2D eigenvalue weighted by Crippen LogP contribution is 2.23. The van der Waals surface area contributed by atoms with E-state index in [0.717, 1.165) is 31.1 Å². The van der Waals surface area contributed by atoms with Crippen molar-refractivity contribution < 1.29 is 0 Å². The zero-order valence-electron chi connectivity index (χ0n) is 11.2. The molecule has 0 radical (unpaired) electrons. The van der Waals surface area contributed by atoms with E-state index in [1.54, 1.807) is 0 Å². The molecule has 1 heterocycles. The lowest BCUT2D eigenvalue weighted by molar-refractivity contribution is 0.245. The van der Waals surface area contributed by atoms with Gasteiger partial charge in [-0.1, -0.05) is 53.6 Å². The van der Waals surface area contributed by atoms with Crippen LogP contribution < -0.4 is 0 Å². The van der Waals surface area contributed by atoms with Crippen LogP contribution in [-0.2, 0) is 19.5 Å². The predicted octanol–water partition coefficient (Wildman–Crippen LogP) is 4.21. The summed E-state index contributed by atoms with van der Waals surface area (Å²) in [6, 6.07) is 15.0. The van der Waals surface area contributed by atoms with Crippen LogP contribution in [0.15, 0.2) is 42.5 Å². The van der Waals surface area contributed by atoms with E-state index in [2.05, 4.69) is 48.2 Å². The lowest BCUT2D eigenvalue weighted by Crippen LogP contribution is -2.30. The number of rotatable bonds is 2. The second-order valence-corrected chi connectivity index (χ2v) is 5.73. The summed E-state index contributed by atoms with van der Waals surface area (Å²) in [6.07, 6.45) is 1.14. The van der Waals surface area contributed by atoms with Crippen LogP contribution in [0.5, 0.6) is 0 Å². The summed E-state index contributed by atoms with van der Waals surface area (Å²) >= 11 is 6.29. The highest BCUT2D eigenvalue weighted by Gasteiger charge is 2.16. The first kappa shape index (κ1) is 12.7. The maximum absolute atomic E-state index is 6.29. The Kier molecular flexibility index (Phi) is 3.58. The molecule has 0 amide bonds. The van der Waals surface area contributed by atoms with Gasteiger partial charge in [-0.2, -0.15) is 0 Å². The van der Waals surface area contributed by atoms with Crippen molar-refractivity contribution in [2.24, 2.45) is 0 Å². The molecule has 0 saturated carbocycles. The first-order chi connectivity index (χ1) is 9.22. The van der Waals surface area contributed by atoms with Gasteiger partial charge in [0.25, 0.3) is 0 Å². The molecule has 2 aromatic carbocycles. The van der Waals surface area contributed by atoms with E-state index in [4.69, 9.17) is 11.6 Å². The number of hydrogen-bond acceptors (Lipinski definition) is 1. The predicted molar refractivity (Wildman–Crippen MR) is 80.4 cm³/mol. The molecule has 1 aliphatic heterocycles. The molecule has 19 heavy (non-hydrogen) atoms. The van der Waals surface area contributed by atoms with Crippen LogP contribution in [-0.4, -0.2) is 11.4 Å². The third kappa shape index (κ3) is 2.83. The van der Waals surface area contributed by atoms with E-state index in [0.29, 0.717) is 0 Å². The third-order valence-electron chi connectivity index (χ3n) is 3.80. The topological polar surface area (TPSA) is 3.24 Å². The largest absolute Gasteiger partial charge is 0.294 e. The molecule has 1 aliphatic rings. The van der Waals surface area contributed by atoms with Crippen molar-refractivity contribution in [1.29, 1.82) is 0 Å². The fourth-order valence-electron chi connectivity index (χ4n) is 2.75. The van der Waals surface area contributed by atoms with E-state index in [1.807, 2.05) is 6.07 Å². The number of hydrogen-bond donors (Lipinski definition) is 0. The Morgan fingerprint density at radius 3 is 2.74 bits per heavy atom. The molecule has 0 bridgehead atoms. The average molecular weight is 272 g/mol. The quantitative estimate of drug-likeness (QED) is 0.791. The molecule has 3 rings (SSSR count). The summed E-state index contributed by atoms with van der Waals surface area (Å²) in [5, 5.41) is 0.879. The number of nitrogens with zero attached hydrogens (tertiary/aromatic N) is 1. The summed E-state index contributed by atoms with van der Waals surface area (Å²) in [7, 11) is 0.